The highest BCUT2D eigenvalue weighted by atomic mass is 16.5. The molecular formula is C30H33N5O3. The van der Waals surface area contributed by atoms with Crippen molar-refractivity contribution in [1.29, 1.82) is 0 Å². The largest absolute Gasteiger partial charge is 0.481 e. The van der Waals surface area contributed by atoms with E-state index >= 15 is 0 Å². The fourth-order valence-electron chi connectivity index (χ4n) is 5.54. The molecule has 0 radical (unpaired) electrons. The van der Waals surface area contributed by atoms with Gasteiger partial charge in [0.25, 0.3) is 5.91 Å². The van der Waals surface area contributed by atoms with Crippen molar-refractivity contribution >= 4 is 11.7 Å². The molecule has 38 heavy (non-hydrogen) atoms. The van der Waals surface area contributed by atoms with Crippen LogP contribution in [0.1, 0.15) is 51.8 Å². The van der Waals surface area contributed by atoms with E-state index in [9.17, 15) is 9.90 Å². The van der Waals surface area contributed by atoms with Crippen molar-refractivity contribution in [2.45, 2.75) is 31.9 Å². The van der Waals surface area contributed by atoms with Crippen molar-refractivity contribution in [1.82, 2.24) is 14.9 Å². The third kappa shape index (κ3) is 5.08. The summed E-state index contributed by atoms with van der Waals surface area (Å²) in [5, 5.41) is 10.0. The molecule has 1 atom stereocenters. The molecule has 1 saturated heterocycles. The van der Waals surface area contributed by atoms with Crippen molar-refractivity contribution in [2.75, 3.05) is 38.7 Å². The molecule has 0 bridgehead atoms. The molecule has 1 fully saturated rings. The van der Waals surface area contributed by atoms with Crippen molar-refractivity contribution in [3.05, 3.63) is 82.8 Å². The van der Waals surface area contributed by atoms with Gasteiger partial charge in [0.1, 0.15) is 23.7 Å². The van der Waals surface area contributed by atoms with E-state index in [0.717, 1.165) is 32.4 Å². The van der Waals surface area contributed by atoms with Crippen LogP contribution < -0.4 is 15.4 Å². The number of aromatic nitrogens is 2. The number of carbonyl (C=O) groups is 1. The molecule has 5 rings (SSSR count). The van der Waals surface area contributed by atoms with Crippen LogP contribution in [0, 0.1) is 17.3 Å². The zero-order valence-electron chi connectivity index (χ0n) is 21.9. The van der Waals surface area contributed by atoms with Crippen LogP contribution in [-0.4, -0.2) is 59.7 Å². The molecule has 3 aromatic rings. The summed E-state index contributed by atoms with van der Waals surface area (Å²) in [6.07, 6.45) is 4.59. The predicted octanol–water partition coefficient (Wildman–Crippen LogP) is 2.94. The molecule has 2 heterocycles. The minimum Gasteiger partial charge on any atom is -0.481 e. The number of nitrogens with two attached hydrogens (primary N) is 1. The van der Waals surface area contributed by atoms with Crippen LogP contribution in [0.3, 0.4) is 0 Å². The van der Waals surface area contributed by atoms with E-state index in [1.807, 2.05) is 0 Å². The monoisotopic (exact) mass is 511 g/mol. The molecule has 2 aromatic carbocycles. The lowest BCUT2D eigenvalue weighted by Gasteiger charge is -2.42. The van der Waals surface area contributed by atoms with Crippen LogP contribution in [-0.2, 0) is 13.0 Å². The van der Waals surface area contributed by atoms with Gasteiger partial charge in [-0.15, -0.1) is 0 Å². The Balaban J connectivity index is 1.21. The normalized spacial score (nSPS) is 17.5. The first kappa shape index (κ1) is 25.7. The molecule has 8 nitrogen and oxygen atoms in total. The van der Waals surface area contributed by atoms with Crippen molar-refractivity contribution in [3.8, 4) is 17.6 Å². The van der Waals surface area contributed by atoms with Crippen molar-refractivity contribution in [2.24, 2.45) is 11.1 Å². The second kappa shape index (κ2) is 10.8. The van der Waals surface area contributed by atoms with E-state index in [0.29, 0.717) is 28.5 Å². The second-order valence-electron chi connectivity index (χ2n) is 10.2. The Morgan fingerprint density at radius 1 is 1.21 bits per heavy atom. The number of hydrogen-bond donors (Lipinski definition) is 2. The lowest BCUT2D eigenvalue weighted by molar-refractivity contribution is 0.0827. The van der Waals surface area contributed by atoms with Crippen molar-refractivity contribution < 1.29 is 14.6 Å². The number of benzene rings is 2. The first-order valence-electron chi connectivity index (χ1n) is 12.9. The first-order valence-corrected chi connectivity index (χ1v) is 12.9. The number of nitrogens with zero attached hydrogens (tertiary/aromatic N) is 4. The highest BCUT2D eigenvalue weighted by Crippen LogP contribution is 2.51. The van der Waals surface area contributed by atoms with E-state index < -0.39 is 0 Å². The highest BCUT2D eigenvalue weighted by Gasteiger charge is 2.46. The van der Waals surface area contributed by atoms with E-state index in [-0.39, 0.29) is 30.6 Å². The SMILES string of the molecule is CN(C)C(=O)c1cccc(OCC#Cc2cnc(N3CCC4(CC3)Cc3ccccc3C4N)c(CO)n2)c1. The summed E-state index contributed by atoms with van der Waals surface area (Å²) in [4.78, 5) is 25.0. The fourth-order valence-corrected chi connectivity index (χ4v) is 5.54. The van der Waals surface area contributed by atoms with Gasteiger partial charge in [-0.25, -0.2) is 9.97 Å². The quantitative estimate of drug-likeness (QED) is 0.508. The average Bonchev–Trinajstić information content (AvgIpc) is 3.22. The third-order valence-electron chi connectivity index (χ3n) is 7.64. The second-order valence-corrected chi connectivity index (χ2v) is 10.2. The number of aliphatic hydroxyl groups excluding tert-OH is 1. The van der Waals surface area contributed by atoms with Gasteiger partial charge in [-0.1, -0.05) is 36.3 Å². The molecule has 1 amide bonds. The van der Waals surface area contributed by atoms with Gasteiger partial charge in [0.2, 0.25) is 0 Å². The zero-order chi connectivity index (χ0) is 26.7. The van der Waals surface area contributed by atoms with Crippen LogP contribution in [0.15, 0.2) is 54.7 Å². The molecular weight excluding hydrogens is 478 g/mol. The van der Waals surface area contributed by atoms with Crippen molar-refractivity contribution in [3.63, 3.8) is 0 Å². The maximum absolute atomic E-state index is 12.1. The van der Waals surface area contributed by atoms with E-state index in [1.54, 1.807) is 44.6 Å². The average molecular weight is 512 g/mol. The predicted molar refractivity (Wildman–Crippen MR) is 146 cm³/mol. The van der Waals surface area contributed by atoms with Gasteiger partial charge < -0.3 is 25.4 Å². The van der Waals surface area contributed by atoms with E-state index in [2.05, 4.69) is 51.0 Å². The Kier molecular flexibility index (Phi) is 7.32. The molecule has 1 spiro atoms. The summed E-state index contributed by atoms with van der Waals surface area (Å²) in [5.41, 5.74) is 11.0. The molecule has 1 aliphatic heterocycles. The molecule has 1 aromatic heterocycles. The lowest BCUT2D eigenvalue weighted by Crippen LogP contribution is -2.45. The smallest absolute Gasteiger partial charge is 0.253 e. The summed E-state index contributed by atoms with van der Waals surface area (Å²) in [5.74, 6) is 7.08. The minimum absolute atomic E-state index is 0.0556. The van der Waals surface area contributed by atoms with Gasteiger partial charge in [-0.3, -0.25) is 4.79 Å². The summed E-state index contributed by atoms with van der Waals surface area (Å²) in [6, 6.07) is 15.6. The number of anilines is 1. The first-order chi connectivity index (χ1) is 18.4. The number of piperidine rings is 1. The lowest BCUT2D eigenvalue weighted by atomic mass is 9.73. The summed E-state index contributed by atoms with van der Waals surface area (Å²) >= 11 is 0. The number of amides is 1. The zero-order valence-corrected chi connectivity index (χ0v) is 21.9. The van der Waals surface area contributed by atoms with E-state index in [4.69, 9.17) is 10.5 Å². The molecule has 8 heteroatoms. The Labute approximate surface area is 223 Å². The Morgan fingerprint density at radius 3 is 2.74 bits per heavy atom. The van der Waals surface area contributed by atoms with Gasteiger partial charge in [-0.05, 0) is 59.9 Å². The van der Waals surface area contributed by atoms with Gasteiger partial charge in [0.05, 0.1) is 12.8 Å². The third-order valence-corrected chi connectivity index (χ3v) is 7.64. The standard InChI is InChI=1S/C30H33N5O3/c1-34(2)29(37)21-8-5-10-24(17-21)38-16-6-9-23-19-32-28(26(20-36)33-23)35-14-12-30(13-15-35)18-22-7-3-4-11-25(22)27(30)31/h3-5,7-8,10-11,17,19,27,36H,12-16,18,20,31H2,1-2H3. The number of carbonyl (C=O) groups excluding carboxylic acids is 1. The Bertz CT molecular complexity index is 1390. The number of rotatable bonds is 5. The maximum atomic E-state index is 12.1. The fraction of sp³-hybridized carbons (Fsp3) is 0.367. The van der Waals surface area contributed by atoms with Gasteiger partial charge >= 0.3 is 0 Å². The van der Waals surface area contributed by atoms with Crippen LogP contribution in [0.5, 0.6) is 5.75 Å². The molecule has 3 N–H and O–H groups in total. The highest BCUT2D eigenvalue weighted by molar-refractivity contribution is 5.94. The van der Waals surface area contributed by atoms with Crippen LogP contribution in [0.25, 0.3) is 0 Å². The van der Waals surface area contributed by atoms with Crippen LogP contribution in [0.4, 0.5) is 5.82 Å². The number of ether oxygens (including phenoxy) is 1. The molecule has 196 valence electrons. The topological polar surface area (TPSA) is 105 Å². The van der Waals surface area contributed by atoms with Crippen LogP contribution >= 0.6 is 0 Å². The number of fused-ring (bicyclic) bond motifs is 1. The molecule has 1 aliphatic carbocycles. The Morgan fingerprint density at radius 2 is 2.00 bits per heavy atom. The van der Waals surface area contributed by atoms with Gasteiger partial charge in [0, 0.05) is 38.8 Å². The summed E-state index contributed by atoms with van der Waals surface area (Å²) in [6.45, 7) is 1.55. The van der Waals surface area contributed by atoms with Crippen LogP contribution in [0.2, 0.25) is 0 Å². The molecule has 1 unspecified atom stereocenters. The number of hydrogen-bond acceptors (Lipinski definition) is 7. The van der Waals surface area contributed by atoms with Gasteiger partial charge in [0.15, 0.2) is 5.82 Å². The van der Waals surface area contributed by atoms with Gasteiger partial charge in [-0.2, -0.15) is 0 Å². The summed E-state index contributed by atoms with van der Waals surface area (Å²) < 4.78 is 5.69. The summed E-state index contributed by atoms with van der Waals surface area (Å²) in [7, 11) is 3.42. The molecule has 0 saturated carbocycles. The van der Waals surface area contributed by atoms with E-state index in [1.165, 1.54) is 16.0 Å². The number of aliphatic hydroxyl groups is 1. The Hall–Kier alpha value is -3.93. The molecule has 2 aliphatic rings. The minimum atomic E-state index is -0.215. The maximum Gasteiger partial charge on any atom is 0.253 e.